The molecule has 8 nitrogen and oxygen atoms in total. The number of fused-ring (bicyclic) bond motifs is 1. The molecule has 0 radical (unpaired) electrons. The highest BCUT2D eigenvalue weighted by atomic mass is 16.6. The molecular weight excluding hydrogens is 310 g/mol. The number of oxazole rings is 1. The van der Waals surface area contributed by atoms with Crippen molar-refractivity contribution in [3.05, 3.63) is 65.0 Å². The fraction of sp³-hybridized carbons (Fsp3) is 0. The fourth-order valence-electron chi connectivity index (χ4n) is 2.38. The second-order valence-corrected chi connectivity index (χ2v) is 5.13. The highest BCUT2D eigenvalue weighted by Gasteiger charge is 2.11. The third kappa shape index (κ3) is 2.56. The zero-order chi connectivity index (χ0) is 16.5. The number of hydrogen-bond donors (Lipinski definition) is 2. The molecule has 0 bridgehead atoms. The number of nitrogens with zero attached hydrogens (tertiary/aromatic N) is 3. The third-order valence-corrected chi connectivity index (χ3v) is 3.54. The first kappa shape index (κ1) is 13.9. The quantitative estimate of drug-likeness (QED) is 0.436. The number of nitro benzene ring substituents is 1. The van der Waals surface area contributed by atoms with Crippen molar-refractivity contribution in [3.63, 3.8) is 0 Å². The molecule has 0 fully saturated rings. The molecule has 0 atom stereocenters. The molecule has 4 aromatic rings. The van der Waals surface area contributed by atoms with Crippen LogP contribution < -0.4 is 5.32 Å². The fourth-order valence-corrected chi connectivity index (χ4v) is 2.38. The van der Waals surface area contributed by atoms with Crippen LogP contribution in [-0.4, -0.2) is 20.1 Å². The SMILES string of the molecule is O=[N+]([O-])c1cccc(-c2cnc(Nc3ccc4[nH]ncc4c3)o2)c1. The predicted octanol–water partition coefficient (Wildman–Crippen LogP) is 3.87. The monoisotopic (exact) mass is 321 g/mol. The lowest BCUT2D eigenvalue weighted by Crippen LogP contribution is -1.89. The van der Waals surface area contributed by atoms with Gasteiger partial charge in [-0.1, -0.05) is 12.1 Å². The van der Waals surface area contributed by atoms with Gasteiger partial charge in [-0.15, -0.1) is 0 Å². The van der Waals surface area contributed by atoms with E-state index in [1.54, 1.807) is 18.3 Å². The Hall–Kier alpha value is -3.68. The third-order valence-electron chi connectivity index (χ3n) is 3.54. The normalized spacial score (nSPS) is 10.8. The van der Waals surface area contributed by atoms with Crippen LogP contribution in [-0.2, 0) is 0 Å². The van der Waals surface area contributed by atoms with E-state index in [0.717, 1.165) is 16.6 Å². The van der Waals surface area contributed by atoms with Crippen LogP contribution in [0.25, 0.3) is 22.2 Å². The molecular formula is C16H11N5O3. The Morgan fingerprint density at radius 2 is 2.08 bits per heavy atom. The molecule has 8 heteroatoms. The zero-order valence-corrected chi connectivity index (χ0v) is 12.3. The van der Waals surface area contributed by atoms with Crippen LogP contribution in [0.5, 0.6) is 0 Å². The molecule has 2 aromatic heterocycles. The Labute approximate surface area is 135 Å². The van der Waals surface area contributed by atoms with Gasteiger partial charge in [0.15, 0.2) is 5.76 Å². The van der Waals surface area contributed by atoms with Crippen LogP contribution in [0.3, 0.4) is 0 Å². The van der Waals surface area contributed by atoms with Crippen molar-refractivity contribution in [2.45, 2.75) is 0 Å². The summed E-state index contributed by atoms with van der Waals surface area (Å²) in [6.45, 7) is 0. The first-order valence-corrected chi connectivity index (χ1v) is 7.10. The number of aromatic nitrogens is 3. The summed E-state index contributed by atoms with van der Waals surface area (Å²) < 4.78 is 5.63. The predicted molar refractivity (Wildman–Crippen MR) is 88.0 cm³/mol. The van der Waals surface area contributed by atoms with Crippen LogP contribution >= 0.6 is 0 Å². The van der Waals surface area contributed by atoms with Gasteiger partial charge in [0.05, 0.1) is 22.8 Å². The molecule has 0 saturated carbocycles. The van der Waals surface area contributed by atoms with Crippen LogP contribution in [0.4, 0.5) is 17.4 Å². The van der Waals surface area contributed by atoms with E-state index in [9.17, 15) is 10.1 Å². The van der Waals surface area contributed by atoms with Crippen LogP contribution in [0, 0.1) is 10.1 Å². The van der Waals surface area contributed by atoms with Crippen molar-refractivity contribution < 1.29 is 9.34 Å². The van der Waals surface area contributed by atoms with Gasteiger partial charge in [-0.3, -0.25) is 15.2 Å². The first-order valence-electron chi connectivity index (χ1n) is 7.10. The summed E-state index contributed by atoms with van der Waals surface area (Å²) in [6, 6.07) is 12.2. The van der Waals surface area contributed by atoms with Gasteiger partial charge in [-0.05, 0) is 18.2 Å². The number of hydrogen-bond acceptors (Lipinski definition) is 6. The van der Waals surface area contributed by atoms with Crippen molar-refractivity contribution in [2.75, 3.05) is 5.32 Å². The standard InChI is InChI=1S/C16H11N5O3/c22-21(23)13-3-1-2-10(7-13)15-9-17-16(24-15)19-12-4-5-14-11(6-12)8-18-20-14/h1-9H,(H,17,19)(H,18,20). The summed E-state index contributed by atoms with van der Waals surface area (Å²) in [5, 5.41) is 21.7. The maximum atomic E-state index is 10.9. The summed E-state index contributed by atoms with van der Waals surface area (Å²) in [7, 11) is 0. The van der Waals surface area contributed by atoms with E-state index in [4.69, 9.17) is 4.42 Å². The van der Waals surface area contributed by atoms with Crippen LogP contribution in [0.15, 0.2) is 59.3 Å². The number of benzene rings is 2. The summed E-state index contributed by atoms with van der Waals surface area (Å²) >= 11 is 0. The smallest absolute Gasteiger partial charge is 0.299 e. The maximum absolute atomic E-state index is 10.9. The van der Waals surface area contributed by atoms with Crippen molar-refractivity contribution >= 4 is 28.3 Å². The lowest BCUT2D eigenvalue weighted by molar-refractivity contribution is -0.384. The molecule has 4 rings (SSSR count). The van der Waals surface area contributed by atoms with Crippen LogP contribution in [0.2, 0.25) is 0 Å². The van der Waals surface area contributed by atoms with Gasteiger partial charge < -0.3 is 9.73 Å². The Morgan fingerprint density at radius 1 is 1.17 bits per heavy atom. The highest BCUT2D eigenvalue weighted by Crippen LogP contribution is 2.27. The lowest BCUT2D eigenvalue weighted by Gasteiger charge is -2.01. The van der Waals surface area contributed by atoms with E-state index >= 15 is 0 Å². The zero-order valence-electron chi connectivity index (χ0n) is 12.3. The molecule has 0 aliphatic heterocycles. The Bertz CT molecular complexity index is 1040. The lowest BCUT2D eigenvalue weighted by atomic mass is 10.2. The summed E-state index contributed by atoms with van der Waals surface area (Å²) in [5.74, 6) is 0.450. The summed E-state index contributed by atoms with van der Waals surface area (Å²) in [6.07, 6.45) is 3.25. The second kappa shape index (κ2) is 5.51. The second-order valence-electron chi connectivity index (χ2n) is 5.13. The highest BCUT2D eigenvalue weighted by molar-refractivity contribution is 5.82. The van der Waals surface area contributed by atoms with Gasteiger partial charge >= 0.3 is 0 Å². The average Bonchev–Trinajstić information content (AvgIpc) is 3.24. The number of nitro groups is 1. The van der Waals surface area contributed by atoms with E-state index in [2.05, 4.69) is 20.5 Å². The molecule has 0 spiro atoms. The topological polar surface area (TPSA) is 110 Å². The molecule has 0 amide bonds. The molecule has 0 aliphatic carbocycles. The number of aromatic amines is 1. The van der Waals surface area contributed by atoms with Gasteiger partial charge in [-0.2, -0.15) is 5.10 Å². The maximum Gasteiger partial charge on any atom is 0.299 e. The molecule has 2 heterocycles. The van der Waals surface area contributed by atoms with Crippen LogP contribution in [0.1, 0.15) is 0 Å². The van der Waals surface area contributed by atoms with Crippen molar-refractivity contribution in [1.82, 2.24) is 15.2 Å². The molecule has 0 saturated heterocycles. The van der Waals surface area contributed by atoms with Gasteiger partial charge in [-0.25, -0.2) is 4.98 Å². The minimum Gasteiger partial charge on any atom is -0.423 e. The minimum atomic E-state index is -0.445. The van der Waals surface area contributed by atoms with Crippen molar-refractivity contribution in [2.24, 2.45) is 0 Å². The summed E-state index contributed by atoms with van der Waals surface area (Å²) in [4.78, 5) is 14.6. The van der Waals surface area contributed by atoms with Crippen molar-refractivity contribution in [1.29, 1.82) is 0 Å². The van der Waals surface area contributed by atoms with Gasteiger partial charge in [0, 0.05) is 28.8 Å². The minimum absolute atomic E-state index is 0.00354. The van der Waals surface area contributed by atoms with Gasteiger partial charge in [0.2, 0.25) is 0 Å². The van der Waals surface area contributed by atoms with E-state index in [0.29, 0.717) is 17.3 Å². The van der Waals surface area contributed by atoms with Gasteiger partial charge in [0.25, 0.3) is 11.7 Å². The summed E-state index contributed by atoms with van der Waals surface area (Å²) in [5.41, 5.74) is 2.33. The first-order chi connectivity index (χ1) is 11.7. The van der Waals surface area contributed by atoms with Crippen molar-refractivity contribution in [3.8, 4) is 11.3 Å². The number of H-pyrrole nitrogens is 1. The Balaban J connectivity index is 1.60. The number of non-ortho nitro benzene ring substituents is 1. The molecule has 24 heavy (non-hydrogen) atoms. The molecule has 2 N–H and O–H groups in total. The molecule has 2 aromatic carbocycles. The molecule has 0 aliphatic rings. The number of rotatable bonds is 4. The molecule has 118 valence electrons. The number of nitrogens with one attached hydrogen (secondary N) is 2. The van der Waals surface area contributed by atoms with E-state index in [1.165, 1.54) is 18.3 Å². The average molecular weight is 321 g/mol. The van der Waals surface area contributed by atoms with E-state index in [1.807, 2.05) is 18.2 Å². The largest absolute Gasteiger partial charge is 0.423 e. The van der Waals surface area contributed by atoms with Gasteiger partial charge in [0.1, 0.15) is 0 Å². The van der Waals surface area contributed by atoms with E-state index in [-0.39, 0.29) is 5.69 Å². The van der Waals surface area contributed by atoms with E-state index < -0.39 is 4.92 Å². The molecule has 0 unspecified atom stereocenters. The number of anilines is 2. The Morgan fingerprint density at radius 3 is 2.96 bits per heavy atom. The Kier molecular flexibility index (Phi) is 3.20.